The summed E-state index contributed by atoms with van der Waals surface area (Å²) >= 11 is 0. The van der Waals surface area contributed by atoms with Crippen LogP contribution in [0.2, 0.25) is 0 Å². The molecule has 0 fully saturated rings. The van der Waals surface area contributed by atoms with Crippen molar-refractivity contribution < 1.29 is 18.0 Å². The summed E-state index contributed by atoms with van der Waals surface area (Å²) in [6.07, 6.45) is -3.72. The van der Waals surface area contributed by atoms with E-state index in [0.29, 0.717) is 0 Å². The van der Waals surface area contributed by atoms with Crippen molar-refractivity contribution in [1.29, 1.82) is 0 Å². The molecule has 0 bridgehead atoms. The predicted octanol–water partition coefficient (Wildman–Crippen LogP) is 2.28. The zero-order valence-electron chi connectivity index (χ0n) is 8.21. The van der Waals surface area contributed by atoms with Gasteiger partial charge in [0.15, 0.2) is 0 Å². The van der Waals surface area contributed by atoms with Crippen molar-refractivity contribution >= 4 is 5.91 Å². The van der Waals surface area contributed by atoms with Gasteiger partial charge in [-0.3, -0.25) is 4.79 Å². The van der Waals surface area contributed by atoms with Gasteiger partial charge in [-0.15, -0.1) is 0 Å². The Balaban J connectivity index is 0.000000265. The molecule has 0 radical (unpaired) electrons. The number of aryl methyl sites for hydroxylation is 1. The Morgan fingerprint density at radius 2 is 1.67 bits per heavy atom. The van der Waals surface area contributed by atoms with Crippen molar-refractivity contribution in [2.75, 3.05) is 0 Å². The van der Waals surface area contributed by atoms with Crippen LogP contribution < -0.4 is 5.73 Å². The van der Waals surface area contributed by atoms with E-state index in [2.05, 4.69) is 36.9 Å². The number of hydrogen-bond donors (Lipinski definition) is 1. The maximum Gasteiger partial charge on any atom is 0.470 e. The number of amides is 1. The molecule has 0 saturated heterocycles. The Kier molecular flexibility index (Phi) is 5.44. The normalized spacial score (nSPS) is 10.1. The quantitative estimate of drug-likeness (QED) is 0.773. The molecule has 1 rings (SSSR count). The molecule has 2 nitrogen and oxygen atoms in total. The summed E-state index contributed by atoms with van der Waals surface area (Å²) in [5, 5.41) is 0. The zero-order chi connectivity index (χ0) is 11.9. The van der Waals surface area contributed by atoms with Crippen LogP contribution in [-0.2, 0) is 11.2 Å². The predicted molar refractivity (Wildman–Crippen MR) is 51.1 cm³/mol. The molecular formula is C10H12F3NO. The highest BCUT2D eigenvalue weighted by Crippen LogP contribution is 2.11. The SMILES string of the molecule is CCc1ccccc1.NC(=O)C(F)(F)F. The van der Waals surface area contributed by atoms with Crippen molar-refractivity contribution in [3.05, 3.63) is 35.9 Å². The second-order valence-corrected chi connectivity index (χ2v) is 2.70. The first kappa shape index (κ1) is 13.5. The summed E-state index contributed by atoms with van der Waals surface area (Å²) in [7, 11) is 0. The topological polar surface area (TPSA) is 43.1 Å². The second kappa shape index (κ2) is 6.06. The fraction of sp³-hybridized carbons (Fsp3) is 0.300. The molecule has 0 aliphatic heterocycles. The van der Waals surface area contributed by atoms with Gasteiger partial charge < -0.3 is 5.73 Å². The van der Waals surface area contributed by atoms with Crippen molar-refractivity contribution in [1.82, 2.24) is 0 Å². The maximum absolute atomic E-state index is 10.7. The molecule has 0 saturated carbocycles. The van der Waals surface area contributed by atoms with Gasteiger partial charge in [0.2, 0.25) is 0 Å². The van der Waals surface area contributed by atoms with Crippen LogP contribution in [0.25, 0.3) is 0 Å². The number of nitrogens with two attached hydrogens (primary N) is 1. The highest BCUT2D eigenvalue weighted by molar-refractivity contribution is 5.79. The van der Waals surface area contributed by atoms with E-state index in [1.165, 1.54) is 5.56 Å². The molecule has 1 aromatic carbocycles. The van der Waals surface area contributed by atoms with Crippen LogP contribution in [0, 0.1) is 0 Å². The van der Waals surface area contributed by atoms with Gasteiger partial charge in [0, 0.05) is 0 Å². The fourth-order valence-corrected chi connectivity index (χ4v) is 0.714. The molecule has 0 aliphatic rings. The number of rotatable bonds is 1. The van der Waals surface area contributed by atoms with E-state index >= 15 is 0 Å². The second-order valence-electron chi connectivity index (χ2n) is 2.70. The lowest BCUT2D eigenvalue weighted by Gasteiger charge is -1.95. The molecule has 0 atom stereocenters. The van der Waals surface area contributed by atoms with Crippen molar-refractivity contribution in [3.8, 4) is 0 Å². The minimum atomic E-state index is -4.86. The summed E-state index contributed by atoms with van der Waals surface area (Å²) in [5.41, 5.74) is 5.22. The van der Waals surface area contributed by atoms with Gasteiger partial charge in [-0.1, -0.05) is 37.3 Å². The fourth-order valence-electron chi connectivity index (χ4n) is 0.714. The summed E-state index contributed by atoms with van der Waals surface area (Å²) < 4.78 is 32.1. The van der Waals surface area contributed by atoms with Crippen LogP contribution in [-0.4, -0.2) is 12.1 Å². The highest BCUT2D eigenvalue weighted by atomic mass is 19.4. The minimum absolute atomic E-state index is 1.14. The van der Waals surface area contributed by atoms with E-state index in [1.807, 2.05) is 6.07 Å². The lowest BCUT2D eigenvalue weighted by Crippen LogP contribution is -2.30. The van der Waals surface area contributed by atoms with Crippen LogP contribution in [0.4, 0.5) is 13.2 Å². The third-order valence-electron chi connectivity index (χ3n) is 1.53. The largest absolute Gasteiger partial charge is 0.470 e. The lowest BCUT2D eigenvalue weighted by molar-refractivity contribution is -0.169. The molecule has 1 aromatic rings. The molecule has 0 spiro atoms. The molecule has 1 amide bonds. The summed E-state index contributed by atoms with van der Waals surface area (Å²) in [6.45, 7) is 2.16. The number of carbonyl (C=O) groups is 1. The smallest absolute Gasteiger partial charge is 0.362 e. The first-order chi connectivity index (χ1) is 6.88. The molecule has 5 heteroatoms. The van der Waals surface area contributed by atoms with E-state index in [4.69, 9.17) is 4.79 Å². The van der Waals surface area contributed by atoms with Crippen LogP contribution in [0.1, 0.15) is 12.5 Å². The minimum Gasteiger partial charge on any atom is -0.362 e. The monoisotopic (exact) mass is 219 g/mol. The summed E-state index contributed by atoms with van der Waals surface area (Å²) in [4.78, 5) is 9.12. The Morgan fingerprint density at radius 1 is 1.27 bits per heavy atom. The van der Waals surface area contributed by atoms with E-state index in [1.54, 1.807) is 0 Å². The van der Waals surface area contributed by atoms with Gasteiger partial charge in [0.1, 0.15) is 0 Å². The first-order valence-corrected chi connectivity index (χ1v) is 4.28. The molecule has 0 aliphatic carbocycles. The summed E-state index contributed by atoms with van der Waals surface area (Å²) in [5.74, 6) is -2.26. The van der Waals surface area contributed by atoms with Gasteiger partial charge >= 0.3 is 12.1 Å². The van der Waals surface area contributed by atoms with Gasteiger partial charge in [-0.2, -0.15) is 13.2 Å². The lowest BCUT2D eigenvalue weighted by atomic mass is 10.2. The molecular weight excluding hydrogens is 207 g/mol. The van der Waals surface area contributed by atoms with Crippen LogP contribution in [0.5, 0.6) is 0 Å². The molecule has 2 N–H and O–H groups in total. The molecule has 0 unspecified atom stereocenters. The molecule has 0 heterocycles. The van der Waals surface area contributed by atoms with Gasteiger partial charge in [-0.25, -0.2) is 0 Å². The average molecular weight is 219 g/mol. The number of primary amides is 1. The third-order valence-corrected chi connectivity index (χ3v) is 1.53. The molecule has 15 heavy (non-hydrogen) atoms. The number of alkyl halides is 3. The third kappa shape index (κ3) is 6.54. The van der Waals surface area contributed by atoms with E-state index in [-0.39, 0.29) is 0 Å². The number of benzene rings is 1. The molecule has 0 aromatic heterocycles. The maximum atomic E-state index is 10.7. The number of hydrogen-bond acceptors (Lipinski definition) is 1. The van der Waals surface area contributed by atoms with Crippen LogP contribution in [0.15, 0.2) is 30.3 Å². The van der Waals surface area contributed by atoms with E-state index in [9.17, 15) is 13.2 Å². The van der Waals surface area contributed by atoms with Gasteiger partial charge in [-0.05, 0) is 12.0 Å². The number of carbonyl (C=O) groups excluding carboxylic acids is 1. The van der Waals surface area contributed by atoms with Crippen molar-refractivity contribution in [3.63, 3.8) is 0 Å². The van der Waals surface area contributed by atoms with Gasteiger partial charge in [0.05, 0.1) is 0 Å². The molecule has 84 valence electrons. The van der Waals surface area contributed by atoms with Gasteiger partial charge in [0.25, 0.3) is 0 Å². The van der Waals surface area contributed by atoms with E-state index in [0.717, 1.165) is 6.42 Å². The van der Waals surface area contributed by atoms with Crippen molar-refractivity contribution in [2.45, 2.75) is 19.5 Å². The summed E-state index contributed by atoms with van der Waals surface area (Å²) in [6, 6.07) is 10.5. The standard InChI is InChI=1S/C8H10.C2H2F3NO/c1-2-8-6-4-3-5-7-8;3-2(4,5)1(6)7/h3-7H,2H2,1H3;(H2,6,7). The van der Waals surface area contributed by atoms with E-state index < -0.39 is 12.1 Å². The van der Waals surface area contributed by atoms with Crippen LogP contribution >= 0.6 is 0 Å². The van der Waals surface area contributed by atoms with Crippen LogP contribution in [0.3, 0.4) is 0 Å². The Bertz CT molecular complexity index is 295. The van der Waals surface area contributed by atoms with Crippen molar-refractivity contribution in [2.24, 2.45) is 5.73 Å². The Hall–Kier alpha value is -1.52. The number of halogens is 3. The Labute approximate surface area is 85.9 Å². The highest BCUT2D eigenvalue weighted by Gasteiger charge is 2.35. The zero-order valence-corrected chi connectivity index (χ0v) is 8.21. The average Bonchev–Trinajstić information content (AvgIpc) is 2.18. The first-order valence-electron chi connectivity index (χ1n) is 4.28. The Morgan fingerprint density at radius 3 is 1.87 bits per heavy atom.